The summed E-state index contributed by atoms with van der Waals surface area (Å²) in [6.07, 6.45) is 8.31. The standard InChI is InChI=1S/C21H19N9O2/c31-21(32)29-12-14-8-15(29)11-28(14)18-9-13(3-5-24-18)30-16-2-1-4-25-19(16)20(27-30)26-17-10-22-6-7-23-17/h1-7,9-10,14-15H,8,11-12H2,(H,31,32)(H,23,26,27)/t14-,15-/m0/s1. The van der Waals surface area contributed by atoms with Crippen LogP contribution in [-0.2, 0) is 0 Å². The number of hydrogen-bond donors (Lipinski definition) is 2. The van der Waals surface area contributed by atoms with Crippen LogP contribution in [0.4, 0.5) is 22.2 Å². The molecule has 2 fully saturated rings. The molecule has 6 heterocycles. The average molecular weight is 429 g/mol. The molecule has 2 N–H and O–H groups in total. The van der Waals surface area contributed by atoms with Crippen LogP contribution < -0.4 is 10.2 Å². The van der Waals surface area contributed by atoms with Gasteiger partial charge in [0.05, 0.1) is 29.5 Å². The number of anilines is 3. The number of hydrogen-bond acceptors (Lipinski definition) is 8. The van der Waals surface area contributed by atoms with E-state index in [4.69, 9.17) is 5.10 Å². The van der Waals surface area contributed by atoms with Gasteiger partial charge in [0.2, 0.25) is 0 Å². The smallest absolute Gasteiger partial charge is 0.407 e. The molecule has 0 aliphatic carbocycles. The molecule has 0 unspecified atom stereocenters. The number of amides is 1. The number of nitrogens with zero attached hydrogens (tertiary/aromatic N) is 8. The summed E-state index contributed by atoms with van der Waals surface area (Å²) in [5, 5.41) is 17.3. The predicted molar refractivity (Wildman–Crippen MR) is 116 cm³/mol. The Morgan fingerprint density at radius 3 is 2.78 bits per heavy atom. The van der Waals surface area contributed by atoms with Gasteiger partial charge in [0.1, 0.15) is 17.2 Å². The zero-order valence-corrected chi connectivity index (χ0v) is 16.9. The van der Waals surface area contributed by atoms with E-state index in [1.807, 2.05) is 28.9 Å². The summed E-state index contributed by atoms with van der Waals surface area (Å²) >= 11 is 0. The number of fused-ring (bicyclic) bond motifs is 3. The number of rotatable bonds is 4. The fourth-order valence-corrected chi connectivity index (χ4v) is 4.60. The molecule has 2 aliphatic heterocycles. The quantitative estimate of drug-likeness (QED) is 0.502. The van der Waals surface area contributed by atoms with E-state index in [9.17, 15) is 9.90 Å². The first-order chi connectivity index (χ1) is 15.7. The number of nitrogens with one attached hydrogen (secondary N) is 1. The fraction of sp³-hybridized carbons (Fsp3) is 0.238. The summed E-state index contributed by atoms with van der Waals surface area (Å²) in [6.45, 7) is 1.15. The molecule has 2 bridgehead atoms. The maximum absolute atomic E-state index is 11.4. The van der Waals surface area contributed by atoms with Gasteiger partial charge in [0.25, 0.3) is 0 Å². The number of carboxylic acid groups (broad SMARTS) is 1. The lowest BCUT2D eigenvalue weighted by atomic mass is 10.2. The van der Waals surface area contributed by atoms with Crippen LogP contribution in [0.25, 0.3) is 16.7 Å². The molecule has 0 spiro atoms. The zero-order valence-electron chi connectivity index (χ0n) is 16.9. The minimum absolute atomic E-state index is 0.0143. The van der Waals surface area contributed by atoms with Crippen molar-refractivity contribution < 1.29 is 9.90 Å². The van der Waals surface area contributed by atoms with Gasteiger partial charge in [-0.1, -0.05) is 0 Å². The van der Waals surface area contributed by atoms with E-state index in [0.717, 1.165) is 23.4 Å². The second kappa shape index (κ2) is 7.15. The Labute approximate surface area is 182 Å². The van der Waals surface area contributed by atoms with Crippen LogP contribution in [0.3, 0.4) is 0 Å². The highest BCUT2D eigenvalue weighted by Gasteiger charge is 2.45. The molecule has 11 nitrogen and oxygen atoms in total. The Morgan fingerprint density at radius 1 is 1.06 bits per heavy atom. The Bertz CT molecular complexity index is 1310. The van der Waals surface area contributed by atoms with E-state index >= 15 is 0 Å². The molecule has 4 aromatic heterocycles. The summed E-state index contributed by atoms with van der Waals surface area (Å²) in [7, 11) is 0. The van der Waals surface area contributed by atoms with E-state index < -0.39 is 6.09 Å². The number of aromatic nitrogens is 6. The first kappa shape index (κ1) is 18.5. The molecule has 1 amide bonds. The van der Waals surface area contributed by atoms with Gasteiger partial charge < -0.3 is 20.2 Å². The van der Waals surface area contributed by atoms with Crippen LogP contribution in [-0.4, -0.2) is 71.0 Å². The lowest BCUT2D eigenvalue weighted by molar-refractivity contribution is 0.137. The van der Waals surface area contributed by atoms with E-state index in [1.54, 1.807) is 31.0 Å². The van der Waals surface area contributed by atoms with Gasteiger partial charge in [0, 0.05) is 43.9 Å². The molecular formula is C21H19N9O2. The Kier molecular flexibility index (Phi) is 4.13. The van der Waals surface area contributed by atoms with Crippen LogP contribution in [0.15, 0.2) is 55.2 Å². The summed E-state index contributed by atoms with van der Waals surface area (Å²) in [6, 6.07) is 7.86. The van der Waals surface area contributed by atoms with Gasteiger partial charge in [-0.05, 0) is 24.6 Å². The Balaban J connectivity index is 1.35. The lowest BCUT2D eigenvalue weighted by Gasteiger charge is -2.33. The van der Waals surface area contributed by atoms with Crippen molar-refractivity contribution in [3.05, 3.63) is 55.2 Å². The molecule has 32 heavy (non-hydrogen) atoms. The monoisotopic (exact) mass is 429 g/mol. The summed E-state index contributed by atoms with van der Waals surface area (Å²) in [4.78, 5) is 32.5. The molecule has 11 heteroatoms. The minimum atomic E-state index is -0.850. The Hall–Kier alpha value is -4.28. The van der Waals surface area contributed by atoms with Crippen molar-refractivity contribution in [2.45, 2.75) is 18.5 Å². The maximum Gasteiger partial charge on any atom is 0.407 e. The molecule has 2 aliphatic rings. The van der Waals surface area contributed by atoms with Crippen molar-refractivity contribution in [1.82, 2.24) is 34.6 Å². The van der Waals surface area contributed by atoms with E-state index in [1.165, 1.54) is 4.90 Å². The van der Waals surface area contributed by atoms with Gasteiger partial charge in [0.15, 0.2) is 5.82 Å². The number of pyridine rings is 2. The number of likely N-dealkylation sites (tertiary alicyclic amines) is 1. The fourth-order valence-electron chi connectivity index (χ4n) is 4.60. The minimum Gasteiger partial charge on any atom is -0.465 e. The van der Waals surface area contributed by atoms with E-state index in [0.29, 0.717) is 30.2 Å². The van der Waals surface area contributed by atoms with Crippen molar-refractivity contribution in [2.24, 2.45) is 0 Å². The average Bonchev–Trinajstić information content (AvgIpc) is 3.53. The molecule has 0 saturated carbocycles. The summed E-state index contributed by atoms with van der Waals surface area (Å²) < 4.78 is 1.82. The molecule has 160 valence electrons. The van der Waals surface area contributed by atoms with Gasteiger partial charge in [-0.3, -0.25) is 9.97 Å². The van der Waals surface area contributed by atoms with Crippen molar-refractivity contribution in [1.29, 1.82) is 0 Å². The first-order valence-electron chi connectivity index (χ1n) is 10.3. The second-order valence-electron chi connectivity index (χ2n) is 7.85. The SMILES string of the molecule is O=C(O)N1C[C@@H]2C[C@H]1CN2c1cc(-n2nc(Nc3cnccn3)c3ncccc32)ccn1. The summed E-state index contributed by atoms with van der Waals surface area (Å²) in [5.74, 6) is 1.98. The number of carbonyl (C=O) groups is 1. The molecule has 6 rings (SSSR count). The molecule has 0 radical (unpaired) electrons. The highest BCUT2D eigenvalue weighted by molar-refractivity contribution is 5.89. The van der Waals surface area contributed by atoms with Crippen molar-refractivity contribution in [3.8, 4) is 5.69 Å². The van der Waals surface area contributed by atoms with Crippen molar-refractivity contribution >= 4 is 34.6 Å². The third kappa shape index (κ3) is 2.97. The molecule has 0 aromatic carbocycles. The van der Waals surface area contributed by atoms with Crippen molar-refractivity contribution in [2.75, 3.05) is 23.3 Å². The van der Waals surface area contributed by atoms with E-state index in [-0.39, 0.29) is 12.1 Å². The highest BCUT2D eigenvalue weighted by atomic mass is 16.4. The van der Waals surface area contributed by atoms with E-state index in [2.05, 4.69) is 30.2 Å². The topological polar surface area (TPSA) is 125 Å². The van der Waals surface area contributed by atoms with Crippen LogP contribution in [0.1, 0.15) is 6.42 Å². The second-order valence-corrected chi connectivity index (χ2v) is 7.85. The van der Waals surface area contributed by atoms with Gasteiger partial charge in [-0.2, -0.15) is 0 Å². The molecule has 2 atom stereocenters. The zero-order chi connectivity index (χ0) is 21.7. The number of piperazine rings is 1. The van der Waals surface area contributed by atoms with Crippen LogP contribution >= 0.6 is 0 Å². The third-order valence-corrected chi connectivity index (χ3v) is 6.00. The highest BCUT2D eigenvalue weighted by Crippen LogP contribution is 2.34. The first-order valence-corrected chi connectivity index (χ1v) is 10.3. The van der Waals surface area contributed by atoms with Gasteiger partial charge >= 0.3 is 6.09 Å². The summed E-state index contributed by atoms with van der Waals surface area (Å²) in [5.41, 5.74) is 2.41. The molecular weight excluding hydrogens is 410 g/mol. The lowest BCUT2D eigenvalue weighted by Crippen LogP contribution is -2.48. The van der Waals surface area contributed by atoms with Crippen LogP contribution in [0, 0.1) is 0 Å². The third-order valence-electron chi connectivity index (χ3n) is 6.00. The molecule has 4 aromatic rings. The largest absolute Gasteiger partial charge is 0.465 e. The van der Waals surface area contributed by atoms with Gasteiger partial charge in [-0.15, -0.1) is 5.10 Å². The van der Waals surface area contributed by atoms with Crippen molar-refractivity contribution in [3.63, 3.8) is 0 Å². The van der Waals surface area contributed by atoms with Crippen LogP contribution in [0.2, 0.25) is 0 Å². The van der Waals surface area contributed by atoms with Gasteiger partial charge in [-0.25, -0.2) is 19.4 Å². The molecule has 2 saturated heterocycles. The predicted octanol–water partition coefficient (Wildman–Crippen LogP) is 2.29. The normalized spacial score (nSPS) is 19.6. The van der Waals surface area contributed by atoms with Crippen LogP contribution in [0.5, 0.6) is 0 Å². The Morgan fingerprint density at radius 2 is 2.00 bits per heavy atom. The maximum atomic E-state index is 11.4.